The Kier molecular flexibility index (Phi) is 3.87. The number of hydrogen-bond donors (Lipinski definition) is 2. The molecule has 19 heavy (non-hydrogen) atoms. The third-order valence-corrected chi connectivity index (χ3v) is 2.66. The van der Waals surface area contributed by atoms with Gasteiger partial charge in [0.15, 0.2) is 5.76 Å². The Balaban J connectivity index is 2.33. The largest absolute Gasteiger partial charge is 0.494 e. The molecule has 5 nitrogen and oxygen atoms in total. The van der Waals surface area contributed by atoms with Crippen LogP contribution >= 0.6 is 0 Å². The van der Waals surface area contributed by atoms with Gasteiger partial charge in [-0.25, -0.2) is 4.79 Å². The van der Waals surface area contributed by atoms with Crippen LogP contribution in [0.4, 0.5) is 0 Å². The van der Waals surface area contributed by atoms with Crippen LogP contribution in [0.3, 0.4) is 0 Å². The summed E-state index contributed by atoms with van der Waals surface area (Å²) in [4.78, 5) is 11.0. The van der Waals surface area contributed by atoms with Gasteiger partial charge in [-0.05, 0) is 30.7 Å². The highest BCUT2D eigenvalue weighted by Gasteiger charge is 2.22. The molecule has 0 bridgehead atoms. The van der Waals surface area contributed by atoms with Gasteiger partial charge >= 0.3 is 5.97 Å². The van der Waals surface area contributed by atoms with Gasteiger partial charge in [0.2, 0.25) is 0 Å². The van der Waals surface area contributed by atoms with E-state index >= 15 is 0 Å². The number of benzene rings is 1. The van der Waals surface area contributed by atoms with Gasteiger partial charge < -0.3 is 19.4 Å². The molecule has 2 N–H and O–H groups in total. The van der Waals surface area contributed by atoms with Crippen LogP contribution in [0.5, 0.6) is 5.75 Å². The van der Waals surface area contributed by atoms with Crippen LogP contribution in [0, 0.1) is 0 Å². The fourth-order valence-electron chi connectivity index (χ4n) is 1.80. The van der Waals surface area contributed by atoms with Gasteiger partial charge in [-0.1, -0.05) is 12.1 Å². The average Bonchev–Trinajstić information content (AvgIpc) is 2.88. The molecule has 0 aliphatic carbocycles. The summed E-state index contributed by atoms with van der Waals surface area (Å²) in [5, 5.41) is 19.2. The Morgan fingerprint density at radius 3 is 2.89 bits per heavy atom. The number of aromatic carboxylic acids is 1. The molecule has 5 heteroatoms. The number of carboxylic acids is 1. The highest BCUT2D eigenvalue weighted by atomic mass is 16.5. The van der Waals surface area contributed by atoms with Gasteiger partial charge in [0.1, 0.15) is 17.4 Å². The second kappa shape index (κ2) is 5.58. The molecule has 1 aromatic carbocycles. The highest BCUT2D eigenvalue weighted by Crippen LogP contribution is 2.28. The summed E-state index contributed by atoms with van der Waals surface area (Å²) in [7, 11) is 0. The summed E-state index contributed by atoms with van der Waals surface area (Å²) in [5.41, 5.74) is 0.470. The Hall–Kier alpha value is -2.27. The predicted octanol–water partition coefficient (Wildman–Crippen LogP) is 2.46. The lowest BCUT2D eigenvalue weighted by Crippen LogP contribution is -2.06. The minimum Gasteiger partial charge on any atom is -0.494 e. The Morgan fingerprint density at radius 1 is 1.42 bits per heavy atom. The van der Waals surface area contributed by atoms with Crippen LogP contribution in [0.25, 0.3) is 0 Å². The molecule has 0 saturated carbocycles. The second-order valence-corrected chi connectivity index (χ2v) is 3.91. The lowest BCUT2D eigenvalue weighted by molar-refractivity contribution is 0.0687. The quantitative estimate of drug-likeness (QED) is 0.865. The van der Waals surface area contributed by atoms with Crippen LogP contribution in [-0.4, -0.2) is 22.8 Å². The number of furan rings is 1. The van der Waals surface area contributed by atoms with Crippen molar-refractivity contribution < 1.29 is 24.2 Å². The van der Waals surface area contributed by atoms with E-state index in [0.717, 1.165) is 0 Å². The maximum Gasteiger partial charge on any atom is 0.339 e. The molecule has 1 unspecified atom stereocenters. The fraction of sp³-hybridized carbons (Fsp3) is 0.214. The van der Waals surface area contributed by atoms with E-state index in [2.05, 4.69) is 0 Å². The van der Waals surface area contributed by atoms with Crippen molar-refractivity contribution in [3.05, 3.63) is 53.5 Å². The van der Waals surface area contributed by atoms with Crippen LogP contribution in [0.2, 0.25) is 0 Å². The Bertz CT molecular complexity index is 573. The van der Waals surface area contributed by atoms with Crippen LogP contribution < -0.4 is 4.74 Å². The molecule has 0 spiro atoms. The van der Waals surface area contributed by atoms with Gasteiger partial charge in [0.25, 0.3) is 0 Å². The number of carbonyl (C=O) groups is 1. The molecular formula is C14H14O5. The van der Waals surface area contributed by atoms with E-state index in [1.165, 1.54) is 12.3 Å². The second-order valence-electron chi connectivity index (χ2n) is 3.91. The van der Waals surface area contributed by atoms with E-state index in [-0.39, 0.29) is 11.3 Å². The topological polar surface area (TPSA) is 79.9 Å². The first-order valence-electron chi connectivity index (χ1n) is 5.85. The molecule has 100 valence electrons. The van der Waals surface area contributed by atoms with Gasteiger partial charge in [-0.3, -0.25) is 0 Å². The molecule has 1 atom stereocenters. The standard InChI is InChI=1S/C14H14O5/c1-2-18-10-5-3-4-9(8-10)12(15)13-11(14(16)17)6-7-19-13/h3-8,12,15H,2H2,1H3,(H,16,17). The maximum absolute atomic E-state index is 11.0. The monoisotopic (exact) mass is 262 g/mol. The number of rotatable bonds is 5. The summed E-state index contributed by atoms with van der Waals surface area (Å²) in [5.74, 6) is -0.507. The number of ether oxygens (including phenoxy) is 1. The van der Waals surface area contributed by atoms with Crippen molar-refractivity contribution in [2.75, 3.05) is 6.61 Å². The fourth-order valence-corrected chi connectivity index (χ4v) is 1.80. The first kappa shape index (κ1) is 13.2. The van der Waals surface area contributed by atoms with E-state index in [0.29, 0.717) is 17.9 Å². The van der Waals surface area contributed by atoms with Crippen LogP contribution in [0.15, 0.2) is 41.0 Å². The first-order valence-corrected chi connectivity index (χ1v) is 5.85. The molecule has 0 amide bonds. The zero-order valence-corrected chi connectivity index (χ0v) is 10.4. The van der Waals surface area contributed by atoms with E-state index in [1.807, 2.05) is 6.92 Å². The van der Waals surface area contributed by atoms with E-state index in [4.69, 9.17) is 14.3 Å². The lowest BCUT2D eigenvalue weighted by Gasteiger charge is -2.11. The van der Waals surface area contributed by atoms with Gasteiger partial charge in [-0.15, -0.1) is 0 Å². The number of aliphatic hydroxyl groups is 1. The first-order chi connectivity index (χ1) is 9.13. The van der Waals surface area contributed by atoms with Crippen molar-refractivity contribution >= 4 is 5.97 Å². The van der Waals surface area contributed by atoms with Gasteiger partial charge in [0.05, 0.1) is 12.9 Å². The summed E-state index contributed by atoms with van der Waals surface area (Å²) in [6, 6.07) is 8.14. The summed E-state index contributed by atoms with van der Waals surface area (Å²) >= 11 is 0. The van der Waals surface area contributed by atoms with E-state index in [1.54, 1.807) is 24.3 Å². The minimum atomic E-state index is -1.14. The van der Waals surface area contributed by atoms with Crippen LogP contribution in [0.1, 0.15) is 34.7 Å². The molecule has 2 aromatic rings. The van der Waals surface area contributed by atoms with Crippen molar-refractivity contribution in [3.63, 3.8) is 0 Å². The predicted molar refractivity (Wildman–Crippen MR) is 67.3 cm³/mol. The van der Waals surface area contributed by atoms with Crippen molar-refractivity contribution in [2.24, 2.45) is 0 Å². The average molecular weight is 262 g/mol. The number of hydrogen-bond acceptors (Lipinski definition) is 4. The van der Waals surface area contributed by atoms with Crippen molar-refractivity contribution in [1.82, 2.24) is 0 Å². The summed E-state index contributed by atoms with van der Waals surface area (Å²) < 4.78 is 10.4. The van der Waals surface area contributed by atoms with Gasteiger partial charge in [0, 0.05) is 0 Å². The third-order valence-electron chi connectivity index (χ3n) is 2.66. The van der Waals surface area contributed by atoms with Gasteiger partial charge in [-0.2, -0.15) is 0 Å². The zero-order chi connectivity index (χ0) is 13.8. The molecule has 0 saturated heterocycles. The summed E-state index contributed by atoms with van der Waals surface area (Å²) in [6.07, 6.45) is 0.107. The molecule has 1 aromatic heterocycles. The molecule has 0 radical (unpaired) electrons. The number of aliphatic hydroxyl groups excluding tert-OH is 1. The smallest absolute Gasteiger partial charge is 0.339 e. The van der Waals surface area contributed by atoms with Crippen molar-refractivity contribution in [3.8, 4) is 5.75 Å². The lowest BCUT2D eigenvalue weighted by atomic mass is 10.0. The van der Waals surface area contributed by atoms with Crippen LogP contribution in [-0.2, 0) is 0 Å². The third kappa shape index (κ3) is 2.77. The number of carboxylic acid groups (broad SMARTS) is 1. The molecule has 0 fully saturated rings. The van der Waals surface area contributed by atoms with E-state index < -0.39 is 12.1 Å². The van der Waals surface area contributed by atoms with Crippen molar-refractivity contribution in [2.45, 2.75) is 13.0 Å². The maximum atomic E-state index is 11.0. The summed E-state index contributed by atoms with van der Waals surface area (Å²) in [6.45, 7) is 2.37. The molecule has 1 heterocycles. The van der Waals surface area contributed by atoms with Crippen molar-refractivity contribution in [1.29, 1.82) is 0 Å². The minimum absolute atomic E-state index is 0.0150. The molecule has 0 aliphatic heterocycles. The highest BCUT2D eigenvalue weighted by molar-refractivity contribution is 5.88. The normalized spacial score (nSPS) is 12.1. The molecule has 2 rings (SSSR count). The SMILES string of the molecule is CCOc1cccc(C(O)c2occc2C(=O)O)c1. The van der Waals surface area contributed by atoms with E-state index in [9.17, 15) is 9.90 Å². The zero-order valence-electron chi connectivity index (χ0n) is 10.4. The Labute approximate surface area is 110 Å². The Morgan fingerprint density at radius 2 is 2.21 bits per heavy atom. The molecular weight excluding hydrogens is 248 g/mol. The molecule has 0 aliphatic rings.